The first-order valence-electron chi connectivity index (χ1n) is 7.43. The molecule has 2 atom stereocenters. The van der Waals surface area contributed by atoms with E-state index in [1.54, 1.807) is 24.3 Å². The standard InChI is InChI=1S/C17H22N2O3S/c1-13(19-17(12-20)15-6-4-3-5-7-15)14-8-10-16(11-9-14)23(21,22)18-2/h3-11,13,17-20H,12H2,1-2H3. The zero-order chi connectivity index (χ0) is 16.9. The van der Waals surface area contributed by atoms with Crippen molar-refractivity contribution in [1.82, 2.24) is 10.0 Å². The maximum atomic E-state index is 11.7. The predicted molar refractivity (Wildman–Crippen MR) is 90.5 cm³/mol. The highest BCUT2D eigenvalue weighted by molar-refractivity contribution is 7.89. The van der Waals surface area contributed by atoms with E-state index >= 15 is 0 Å². The van der Waals surface area contributed by atoms with E-state index in [1.165, 1.54) is 7.05 Å². The molecule has 0 spiro atoms. The van der Waals surface area contributed by atoms with Crippen LogP contribution in [0.25, 0.3) is 0 Å². The lowest BCUT2D eigenvalue weighted by Crippen LogP contribution is -2.27. The van der Waals surface area contributed by atoms with Gasteiger partial charge in [0.2, 0.25) is 10.0 Å². The quantitative estimate of drug-likeness (QED) is 0.723. The van der Waals surface area contributed by atoms with E-state index in [0.29, 0.717) is 0 Å². The Morgan fingerprint density at radius 2 is 1.61 bits per heavy atom. The van der Waals surface area contributed by atoms with E-state index in [4.69, 9.17) is 0 Å². The molecular formula is C17H22N2O3S. The van der Waals surface area contributed by atoms with Gasteiger partial charge in [-0.25, -0.2) is 13.1 Å². The Morgan fingerprint density at radius 3 is 2.13 bits per heavy atom. The second-order valence-electron chi connectivity index (χ2n) is 5.31. The molecule has 0 saturated heterocycles. The maximum Gasteiger partial charge on any atom is 0.240 e. The van der Waals surface area contributed by atoms with E-state index in [0.717, 1.165) is 11.1 Å². The van der Waals surface area contributed by atoms with Gasteiger partial charge in [-0.3, -0.25) is 0 Å². The van der Waals surface area contributed by atoms with Crippen molar-refractivity contribution in [1.29, 1.82) is 0 Å². The molecule has 0 aliphatic heterocycles. The average Bonchev–Trinajstić information content (AvgIpc) is 2.60. The van der Waals surface area contributed by atoms with Crippen molar-refractivity contribution in [2.24, 2.45) is 0 Å². The van der Waals surface area contributed by atoms with Gasteiger partial charge in [0, 0.05) is 6.04 Å². The molecule has 0 aromatic heterocycles. The molecule has 23 heavy (non-hydrogen) atoms. The highest BCUT2D eigenvalue weighted by Gasteiger charge is 2.16. The number of nitrogens with one attached hydrogen (secondary N) is 2. The molecule has 2 aromatic carbocycles. The van der Waals surface area contributed by atoms with Gasteiger partial charge in [0.15, 0.2) is 0 Å². The van der Waals surface area contributed by atoms with Crippen LogP contribution in [0.15, 0.2) is 59.5 Å². The van der Waals surface area contributed by atoms with Crippen LogP contribution in [-0.4, -0.2) is 27.2 Å². The van der Waals surface area contributed by atoms with Gasteiger partial charge in [0.25, 0.3) is 0 Å². The Hall–Kier alpha value is -1.73. The van der Waals surface area contributed by atoms with Crippen molar-refractivity contribution in [2.75, 3.05) is 13.7 Å². The van der Waals surface area contributed by atoms with Gasteiger partial charge in [-0.05, 0) is 37.2 Å². The number of hydrogen-bond acceptors (Lipinski definition) is 4. The highest BCUT2D eigenvalue weighted by atomic mass is 32.2. The third-order valence-corrected chi connectivity index (χ3v) is 5.23. The Bertz CT molecular complexity index is 715. The fraction of sp³-hybridized carbons (Fsp3) is 0.294. The first-order valence-corrected chi connectivity index (χ1v) is 8.91. The van der Waals surface area contributed by atoms with E-state index in [-0.39, 0.29) is 23.6 Å². The summed E-state index contributed by atoms with van der Waals surface area (Å²) in [6, 6.07) is 16.2. The summed E-state index contributed by atoms with van der Waals surface area (Å²) >= 11 is 0. The minimum atomic E-state index is -3.42. The number of hydrogen-bond donors (Lipinski definition) is 3. The van der Waals surface area contributed by atoms with E-state index in [1.807, 2.05) is 37.3 Å². The van der Waals surface area contributed by atoms with Crippen molar-refractivity contribution < 1.29 is 13.5 Å². The number of aliphatic hydroxyl groups excluding tert-OH is 1. The van der Waals surface area contributed by atoms with E-state index in [2.05, 4.69) is 10.0 Å². The van der Waals surface area contributed by atoms with Crippen molar-refractivity contribution in [2.45, 2.75) is 23.9 Å². The molecule has 2 aromatic rings. The Kier molecular flexibility index (Phi) is 5.90. The van der Waals surface area contributed by atoms with Crippen molar-refractivity contribution in [3.8, 4) is 0 Å². The van der Waals surface area contributed by atoms with Crippen molar-refractivity contribution in [3.63, 3.8) is 0 Å². The summed E-state index contributed by atoms with van der Waals surface area (Å²) in [4.78, 5) is 0.234. The largest absolute Gasteiger partial charge is 0.394 e. The van der Waals surface area contributed by atoms with Crippen LogP contribution in [0.5, 0.6) is 0 Å². The summed E-state index contributed by atoms with van der Waals surface area (Å²) in [5.41, 5.74) is 1.96. The SMILES string of the molecule is CNS(=O)(=O)c1ccc(C(C)NC(CO)c2ccccc2)cc1. The summed E-state index contributed by atoms with van der Waals surface area (Å²) in [6.45, 7) is 1.97. The van der Waals surface area contributed by atoms with Gasteiger partial charge in [-0.1, -0.05) is 42.5 Å². The maximum absolute atomic E-state index is 11.7. The van der Waals surface area contributed by atoms with Gasteiger partial charge < -0.3 is 10.4 Å². The van der Waals surface area contributed by atoms with Crippen LogP contribution in [0.1, 0.15) is 30.1 Å². The third-order valence-electron chi connectivity index (χ3n) is 3.79. The van der Waals surface area contributed by atoms with Gasteiger partial charge in [-0.15, -0.1) is 0 Å². The van der Waals surface area contributed by atoms with Crippen LogP contribution >= 0.6 is 0 Å². The Balaban J connectivity index is 2.12. The second-order valence-corrected chi connectivity index (χ2v) is 7.20. The molecular weight excluding hydrogens is 312 g/mol. The molecule has 0 bridgehead atoms. The third kappa shape index (κ3) is 4.39. The molecule has 5 nitrogen and oxygen atoms in total. The van der Waals surface area contributed by atoms with Crippen LogP contribution in [-0.2, 0) is 10.0 Å². The molecule has 0 saturated carbocycles. The molecule has 0 heterocycles. The first kappa shape index (κ1) is 17.6. The van der Waals surface area contributed by atoms with Crippen LogP contribution in [0.4, 0.5) is 0 Å². The molecule has 124 valence electrons. The minimum absolute atomic E-state index is 0.0133. The van der Waals surface area contributed by atoms with E-state index in [9.17, 15) is 13.5 Å². The van der Waals surface area contributed by atoms with Gasteiger partial charge in [0.05, 0.1) is 17.5 Å². The number of aliphatic hydroxyl groups is 1. The normalized spacial score (nSPS) is 14.4. The van der Waals surface area contributed by atoms with Crippen LogP contribution in [0, 0.1) is 0 Å². The van der Waals surface area contributed by atoms with Crippen LogP contribution in [0.2, 0.25) is 0 Å². The highest BCUT2D eigenvalue weighted by Crippen LogP contribution is 2.20. The lowest BCUT2D eigenvalue weighted by atomic mass is 10.0. The predicted octanol–water partition coefficient (Wildman–Crippen LogP) is 1.98. The molecule has 3 N–H and O–H groups in total. The fourth-order valence-corrected chi connectivity index (χ4v) is 3.12. The molecule has 0 aliphatic rings. The van der Waals surface area contributed by atoms with Gasteiger partial charge >= 0.3 is 0 Å². The van der Waals surface area contributed by atoms with Crippen molar-refractivity contribution >= 4 is 10.0 Å². The lowest BCUT2D eigenvalue weighted by molar-refractivity contribution is 0.235. The molecule has 2 rings (SSSR count). The molecule has 0 aliphatic carbocycles. The lowest BCUT2D eigenvalue weighted by Gasteiger charge is -2.22. The van der Waals surface area contributed by atoms with Crippen LogP contribution in [0.3, 0.4) is 0 Å². The smallest absolute Gasteiger partial charge is 0.240 e. The summed E-state index contributed by atoms with van der Waals surface area (Å²) in [6.07, 6.45) is 0. The first-order chi connectivity index (χ1) is 11.0. The zero-order valence-corrected chi connectivity index (χ0v) is 14.0. The average molecular weight is 334 g/mol. The Labute approximate surface area is 137 Å². The molecule has 2 unspecified atom stereocenters. The van der Waals surface area contributed by atoms with Crippen LogP contribution < -0.4 is 10.0 Å². The topological polar surface area (TPSA) is 78.4 Å². The van der Waals surface area contributed by atoms with E-state index < -0.39 is 10.0 Å². The van der Waals surface area contributed by atoms with Gasteiger partial charge in [-0.2, -0.15) is 0 Å². The Morgan fingerprint density at radius 1 is 1.00 bits per heavy atom. The minimum Gasteiger partial charge on any atom is -0.394 e. The number of benzene rings is 2. The van der Waals surface area contributed by atoms with Crippen molar-refractivity contribution in [3.05, 3.63) is 65.7 Å². The number of sulfonamides is 1. The summed E-state index contributed by atoms with van der Waals surface area (Å²) in [7, 11) is -2.03. The summed E-state index contributed by atoms with van der Waals surface area (Å²) in [5, 5.41) is 13.0. The summed E-state index contributed by atoms with van der Waals surface area (Å²) < 4.78 is 25.8. The molecule has 6 heteroatoms. The molecule has 0 radical (unpaired) electrons. The monoisotopic (exact) mass is 334 g/mol. The molecule has 0 amide bonds. The summed E-state index contributed by atoms with van der Waals surface area (Å²) in [5.74, 6) is 0. The number of rotatable bonds is 7. The second kappa shape index (κ2) is 7.70. The van der Waals surface area contributed by atoms with Gasteiger partial charge in [0.1, 0.15) is 0 Å². The fourth-order valence-electron chi connectivity index (χ4n) is 2.39. The molecule has 0 fully saturated rings. The zero-order valence-electron chi connectivity index (χ0n) is 13.2.